The monoisotopic (exact) mass is 400 g/mol. The minimum Gasteiger partial charge on any atom is -0.365 e. The number of anilines is 1. The van der Waals surface area contributed by atoms with Crippen LogP contribution < -0.4 is 4.90 Å². The minimum atomic E-state index is 0.0877. The van der Waals surface area contributed by atoms with Gasteiger partial charge >= 0.3 is 0 Å². The van der Waals surface area contributed by atoms with E-state index in [1.54, 1.807) is 6.20 Å². The smallest absolute Gasteiger partial charge is 0.256 e. The molecule has 1 saturated heterocycles. The number of para-hydroxylation sites is 1. The van der Waals surface area contributed by atoms with Gasteiger partial charge in [-0.1, -0.05) is 24.3 Å². The number of nitrogens with one attached hydrogen (secondary N) is 1. The lowest BCUT2D eigenvalue weighted by Gasteiger charge is -2.36. The van der Waals surface area contributed by atoms with E-state index in [1.165, 1.54) is 0 Å². The van der Waals surface area contributed by atoms with Crippen LogP contribution in [-0.4, -0.2) is 56.7 Å². The molecule has 1 fully saturated rings. The van der Waals surface area contributed by atoms with Crippen LogP contribution in [0.15, 0.2) is 54.9 Å². The second-order valence-electron chi connectivity index (χ2n) is 7.65. The molecule has 4 heterocycles. The molecule has 1 N–H and O–H groups in total. The molecule has 1 amide bonds. The fraction of sp³-hybridized carbons (Fsp3) is 0.261. The highest BCUT2D eigenvalue weighted by molar-refractivity contribution is 6.06. The Kier molecular flexibility index (Phi) is 4.50. The summed E-state index contributed by atoms with van der Waals surface area (Å²) >= 11 is 0. The number of pyridine rings is 1. The Morgan fingerprint density at radius 1 is 1.00 bits per heavy atom. The Morgan fingerprint density at radius 3 is 2.53 bits per heavy atom. The number of nitrogens with zero attached hydrogens (tertiary/aromatic N) is 5. The largest absolute Gasteiger partial charge is 0.365 e. The standard InChI is InChI=1S/C23H24N6O/c1-16-22(17(2)29(26-16)21-9-5-6-10-24-21)27-11-13-28(14-12-27)23(30)19-15-25-20-8-4-3-7-18(19)20/h3-10,15,25H,11-14H2,1-2H3. The number of aromatic nitrogens is 4. The molecule has 0 saturated carbocycles. The SMILES string of the molecule is Cc1nn(-c2ccccn2)c(C)c1N1CCN(C(=O)c2c[nH]c3ccccc23)CC1. The summed E-state index contributed by atoms with van der Waals surface area (Å²) in [6.07, 6.45) is 3.60. The third-order valence-corrected chi connectivity index (χ3v) is 5.82. The van der Waals surface area contributed by atoms with Crippen molar-refractivity contribution in [2.24, 2.45) is 0 Å². The van der Waals surface area contributed by atoms with Gasteiger partial charge in [-0.2, -0.15) is 5.10 Å². The highest BCUT2D eigenvalue weighted by Gasteiger charge is 2.27. The topological polar surface area (TPSA) is 70.1 Å². The van der Waals surface area contributed by atoms with Crippen molar-refractivity contribution in [3.63, 3.8) is 0 Å². The number of carbonyl (C=O) groups is 1. The van der Waals surface area contributed by atoms with Crippen LogP contribution >= 0.6 is 0 Å². The van der Waals surface area contributed by atoms with E-state index in [4.69, 9.17) is 5.10 Å². The molecule has 152 valence electrons. The molecule has 7 heteroatoms. The summed E-state index contributed by atoms with van der Waals surface area (Å²) in [5, 5.41) is 5.69. The van der Waals surface area contributed by atoms with Gasteiger partial charge in [0.1, 0.15) is 0 Å². The Labute approximate surface area is 174 Å². The number of hydrogen-bond acceptors (Lipinski definition) is 4. The second-order valence-corrected chi connectivity index (χ2v) is 7.65. The van der Waals surface area contributed by atoms with Crippen molar-refractivity contribution < 1.29 is 4.79 Å². The lowest BCUT2D eigenvalue weighted by molar-refractivity contribution is 0.0749. The molecule has 0 bridgehead atoms. The third-order valence-electron chi connectivity index (χ3n) is 5.82. The highest BCUT2D eigenvalue weighted by Crippen LogP contribution is 2.28. The van der Waals surface area contributed by atoms with Crippen LogP contribution in [0.25, 0.3) is 16.7 Å². The Hall–Kier alpha value is -3.61. The normalized spacial score (nSPS) is 14.5. The van der Waals surface area contributed by atoms with Gasteiger partial charge in [-0.15, -0.1) is 0 Å². The van der Waals surface area contributed by atoms with Crippen molar-refractivity contribution in [1.82, 2.24) is 24.6 Å². The fourth-order valence-electron chi connectivity index (χ4n) is 4.35. The first-order valence-corrected chi connectivity index (χ1v) is 10.2. The molecule has 3 aromatic heterocycles. The van der Waals surface area contributed by atoms with Crippen LogP contribution in [0.2, 0.25) is 0 Å². The number of amides is 1. The maximum absolute atomic E-state index is 13.1. The number of benzene rings is 1. The summed E-state index contributed by atoms with van der Waals surface area (Å²) in [6, 6.07) is 13.8. The molecule has 0 atom stereocenters. The first kappa shape index (κ1) is 18.4. The van der Waals surface area contributed by atoms with Gasteiger partial charge in [0.25, 0.3) is 5.91 Å². The van der Waals surface area contributed by atoms with Gasteiger partial charge in [0, 0.05) is 49.5 Å². The van der Waals surface area contributed by atoms with Crippen LogP contribution in [-0.2, 0) is 0 Å². The van der Waals surface area contributed by atoms with Crippen molar-refractivity contribution >= 4 is 22.5 Å². The summed E-state index contributed by atoms with van der Waals surface area (Å²) in [5.41, 5.74) is 4.93. The van der Waals surface area contributed by atoms with Gasteiger partial charge in [-0.05, 0) is 32.0 Å². The molecule has 1 aliphatic heterocycles. The number of carbonyl (C=O) groups excluding carboxylic acids is 1. The molecular formula is C23H24N6O. The van der Waals surface area contributed by atoms with Crippen LogP contribution in [0, 0.1) is 13.8 Å². The zero-order valence-electron chi connectivity index (χ0n) is 17.2. The Balaban J connectivity index is 1.34. The molecule has 0 unspecified atom stereocenters. The number of H-pyrrole nitrogens is 1. The number of aromatic amines is 1. The van der Waals surface area contributed by atoms with Crippen molar-refractivity contribution in [2.75, 3.05) is 31.1 Å². The van der Waals surface area contributed by atoms with Gasteiger partial charge in [0.15, 0.2) is 5.82 Å². The summed E-state index contributed by atoms with van der Waals surface area (Å²) in [6.45, 7) is 7.05. The van der Waals surface area contributed by atoms with Gasteiger partial charge in [0.05, 0.1) is 22.6 Å². The second kappa shape index (κ2) is 7.33. The predicted octanol–water partition coefficient (Wildman–Crippen LogP) is 3.33. The van der Waals surface area contributed by atoms with E-state index in [0.29, 0.717) is 13.1 Å². The fourth-order valence-corrected chi connectivity index (χ4v) is 4.35. The molecule has 4 aromatic rings. The summed E-state index contributed by atoms with van der Waals surface area (Å²) in [5.74, 6) is 0.905. The number of hydrogen-bond donors (Lipinski definition) is 1. The molecule has 7 nitrogen and oxygen atoms in total. The third kappa shape index (κ3) is 3.03. The highest BCUT2D eigenvalue weighted by atomic mass is 16.2. The molecule has 0 aliphatic carbocycles. The van der Waals surface area contributed by atoms with Crippen LogP contribution in [0.3, 0.4) is 0 Å². The predicted molar refractivity (Wildman–Crippen MR) is 117 cm³/mol. The van der Waals surface area contributed by atoms with E-state index in [1.807, 2.05) is 65.2 Å². The van der Waals surface area contributed by atoms with Crippen molar-refractivity contribution in [3.05, 3.63) is 71.8 Å². The van der Waals surface area contributed by atoms with E-state index in [-0.39, 0.29) is 5.91 Å². The molecule has 1 aliphatic rings. The molecule has 1 aromatic carbocycles. The van der Waals surface area contributed by atoms with E-state index in [0.717, 1.165) is 52.4 Å². The first-order chi connectivity index (χ1) is 14.6. The van der Waals surface area contributed by atoms with E-state index >= 15 is 0 Å². The lowest BCUT2D eigenvalue weighted by atomic mass is 10.1. The average molecular weight is 400 g/mol. The Morgan fingerprint density at radius 2 is 1.77 bits per heavy atom. The number of piperazine rings is 1. The van der Waals surface area contributed by atoms with Gasteiger partial charge in [-0.3, -0.25) is 4.79 Å². The Bertz CT molecular complexity index is 1200. The van der Waals surface area contributed by atoms with Crippen LogP contribution in [0.4, 0.5) is 5.69 Å². The maximum atomic E-state index is 13.1. The zero-order chi connectivity index (χ0) is 20.7. The van der Waals surface area contributed by atoms with Crippen LogP contribution in [0.5, 0.6) is 0 Å². The molecule has 30 heavy (non-hydrogen) atoms. The number of aryl methyl sites for hydroxylation is 1. The van der Waals surface area contributed by atoms with Gasteiger partial charge in [0.2, 0.25) is 0 Å². The van der Waals surface area contributed by atoms with Crippen molar-refractivity contribution in [1.29, 1.82) is 0 Å². The van der Waals surface area contributed by atoms with Crippen LogP contribution in [0.1, 0.15) is 21.7 Å². The molecule has 5 rings (SSSR count). The molecule has 0 radical (unpaired) electrons. The minimum absolute atomic E-state index is 0.0877. The van der Waals surface area contributed by atoms with Gasteiger partial charge in [-0.25, -0.2) is 9.67 Å². The van der Waals surface area contributed by atoms with Crippen molar-refractivity contribution in [3.8, 4) is 5.82 Å². The molecule has 0 spiro atoms. The maximum Gasteiger partial charge on any atom is 0.256 e. The summed E-state index contributed by atoms with van der Waals surface area (Å²) in [4.78, 5) is 25.0. The quantitative estimate of drug-likeness (QED) is 0.573. The average Bonchev–Trinajstić information content (AvgIpc) is 3.35. The number of rotatable bonds is 3. The van der Waals surface area contributed by atoms with Gasteiger partial charge < -0.3 is 14.8 Å². The van der Waals surface area contributed by atoms with E-state index in [9.17, 15) is 4.79 Å². The zero-order valence-corrected chi connectivity index (χ0v) is 17.2. The van der Waals surface area contributed by atoms with E-state index < -0.39 is 0 Å². The molecular weight excluding hydrogens is 376 g/mol. The van der Waals surface area contributed by atoms with E-state index in [2.05, 4.69) is 21.8 Å². The summed E-state index contributed by atoms with van der Waals surface area (Å²) in [7, 11) is 0. The summed E-state index contributed by atoms with van der Waals surface area (Å²) < 4.78 is 1.90. The lowest BCUT2D eigenvalue weighted by Crippen LogP contribution is -2.49. The van der Waals surface area contributed by atoms with Crippen molar-refractivity contribution in [2.45, 2.75) is 13.8 Å². The first-order valence-electron chi connectivity index (χ1n) is 10.2. The number of fused-ring (bicyclic) bond motifs is 1.